The summed E-state index contributed by atoms with van der Waals surface area (Å²) in [5.41, 5.74) is 2.08. The Morgan fingerprint density at radius 1 is 1.09 bits per heavy atom. The monoisotopic (exact) mass is 596 g/mol. The van der Waals surface area contributed by atoms with E-state index in [0.29, 0.717) is 18.6 Å². The summed E-state index contributed by atoms with van der Waals surface area (Å²) in [4.78, 5) is 39.0. The fraction of sp³-hybridized carbons (Fsp3) is 0.676. The number of hydrogen-bond acceptors (Lipinski definition) is 9. The van der Waals surface area contributed by atoms with Crippen LogP contribution in [0, 0.1) is 28.1 Å². The molecule has 2 saturated carbocycles. The largest absolute Gasteiger partial charge is 0.472 e. The van der Waals surface area contributed by atoms with Crippen molar-refractivity contribution in [3.05, 3.63) is 47.0 Å². The summed E-state index contributed by atoms with van der Waals surface area (Å²) in [6.07, 6.45) is 4.39. The van der Waals surface area contributed by atoms with E-state index in [2.05, 4.69) is 27.7 Å². The van der Waals surface area contributed by atoms with Crippen molar-refractivity contribution in [2.45, 2.75) is 104 Å². The zero-order valence-electron chi connectivity index (χ0n) is 26.4. The smallest absolute Gasteiger partial charge is 0.333 e. The van der Waals surface area contributed by atoms with Gasteiger partial charge in [-0.15, -0.1) is 0 Å². The molecule has 0 spiro atoms. The van der Waals surface area contributed by atoms with Crippen LogP contribution in [0.5, 0.6) is 0 Å². The molecule has 11 atom stereocenters. The Balaban J connectivity index is 1.55. The number of carbonyl (C=O) groups excluding carboxylic acids is 3. The van der Waals surface area contributed by atoms with Crippen molar-refractivity contribution in [2.24, 2.45) is 28.1 Å². The summed E-state index contributed by atoms with van der Waals surface area (Å²) < 4.78 is 36.8. The van der Waals surface area contributed by atoms with E-state index in [1.807, 2.05) is 6.07 Å². The summed E-state index contributed by atoms with van der Waals surface area (Å²) in [7, 11) is 1.41. The average molecular weight is 597 g/mol. The average Bonchev–Trinajstić information content (AvgIpc) is 3.73. The summed E-state index contributed by atoms with van der Waals surface area (Å²) >= 11 is 0. The number of fused-ring (bicyclic) bond motifs is 4. The van der Waals surface area contributed by atoms with Gasteiger partial charge in [0.2, 0.25) is 0 Å². The van der Waals surface area contributed by atoms with Gasteiger partial charge >= 0.3 is 17.9 Å². The van der Waals surface area contributed by atoms with Gasteiger partial charge in [-0.2, -0.15) is 0 Å². The van der Waals surface area contributed by atoms with Crippen LogP contribution in [0.4, 0.5) is 0 Å². The van der Waals surface area contributed by atoms with Crippen LogP contribution >= 0.6 is 0 Å². The normalized spacial score (nSPS) is 43.1. The molecule has 0 aromatic carbocycles. The number of hydrogen-bond donors (Lipinski definition) is 0. The van der Waals surface area contributed by atoms with Gasteiger partial charge in [-0.25, -0.2) is 4.79 Å². The highest BCUT2D eigenvalue weighted by Crippen LogP contribution is 2.74. The molecule has 0 N–H and O–H groups in total. The molecular formula is C34H44O9. The van der Waals surface area contributed by atoms with Crippen molar-refractivity contribution in [1.29, 1.82) is 0 Å². The van der Waals surface area contributed by atoms with E-state index in [1.165, 1.54) is 25.2 Å². The van der Waals surface area contributed by atoms with Gasteiger partial charge in [0.05, 0.1) is 44.6 Å². The topological polar surface area (TPSA) is 111 Å². The standard InChI is InChI=1S/C34H44O9/c1-9-17(2)31(37)43-25-14-24(41-19(4)35)32(5)16-40-28-29(32)33(25,6)23(13-26(36)38-8)34(7)27-18(3)21(20-10-11-39-15-20)12-22(27)42-30(28)34/h9-11,15,21-25,28-30H,12-14,16H2,1-8H3/b17-9+/t21-,22-,23+,24-,25+,28?,29+,30?,32-,33+,34-/m1/s1. The van der Waals surface area contributed by atoms with Crippen LogP contribution in [0.3, 0.4) is 0 Å². The summed E-state index contributed by atoms with van der Waals surface area (Å²) in [5.74, 6) is -1.54. The van der Waals surface area contributed by atoms with E-state index in [4.69, 9.17) is 28.1 Å². The van der Waals surface area contributed by atoms with Gasteiger partial charge in [-0.05, 0) is 50.3 Å². The van der Waals surface area contributed by atoms with Crippen LogP contribution in [-0.2, 0) is 38.1 Å². The fourth-order valence-electron chi connectivity index (χ4n) is 10.0. The van der Waals surface area contributed by atoms with Gasteiger partial charge in [0, 0.05) is 53.4 Å². The van der Waals surface area contributed by atoms with E-state index < -0.39 is 40.4 Å². The molecule has 0 radical (unpaired) electrons. The van der Waals surface area contributed by atoms with Crippen molar-refractivity contribution in [3.63, 3.8) is 0 Å². The van der Waals surface area contributed by atoms with Gasteiger partial charge in [0.15, 0.2) is 0 Å². The Kier molecular flexibility index (Phi) is 7.24. The zero-order chi connectivity index (χ0) is 31.1. The van der Waals surface area contributed by atoms with Crippen molar-refractivity contribution in [3.8, 4) is 0 Å². The quantitative estimate of drug-likeness (QED) is 0.187. The molecule has 5 aliphatic rings. The van der Waals surface area contributed by atoms with Crippen LogP contribution < -0.4 is 0 Å². The molecular weight excluding hydrogens is 552 g/mol. The summed E-state index contributed by atoms with van der Waals surface area (Å²) in [6.45, 7) is 13.9. The Hall–Kier alpha value is -2.91. The maximum absolute atomic E-state index is 13.4. The molecule has 234 valence electrons. The molecule has 3 heterocycles. The molecule has 1 aromatic rings. The lowest BCUT2D eigenvalue weighted by atomic mass is 9.40. The second kappa shape index (κ2) is 10.3. The van der Waals surface area contributed by atoms with E-state index >= 15 is 0 Å². The SMILES string of the molecule is C/C=C(\C)C(=O)O[C@H]1C[C@@H](OC(C)=O)[C@@]2(C)COC3C4O[C@@H]5C[C@@H](c6ccoc6)C(C)=C5[C@@]4(C)[C@@H](CC(=O)OC)[C@]1(C)[C@@H]32. The predicted octanol–water partition coefficient (Wildman–Crippen LogP) is 5.29. The van der Waals surface area contributed by atoms with Crippen molar-refractivity contribution in [2.75, 3.05) is 13.7 Å². The third kappa shape index (κ3) is 4.13. The minimum Gasteiger partial charge on any atom is -0.472 e. The number of esters is 3. The van der Waals surface area contributed by atoms with Gasteiger partial charge in [0.1, 0.15) is 12.2 Å². The molecule has 43 heavy (non-hydrogen) atoms. The van der Waals surface area contributed by atoms with Crippen LogP contribution in [0.15, 0.2) is 45.8 Å². The Morgan fingerprint density at radius 3 is 2.47 bits per heavy atom. The first-order chi connectivity index (χ1) is 20.3. The highest BCUT2D eigenvalue weighted by Gasteiger charge is 2.78. The Labute approximate surface area is 253 Å². The first-order valence-electron chi connectivity index (χ1n) is 15.4. The number of allylic oxidation sites excluding steroid dienone is 2. The molecule has 0 bridgehead atoms. The highest BCUT2D eigenvalue weighted by molar-refractivity contribution is 5.87. The lowest BCUT2D eigenvalue weighted by molar-refractivity contribution is -0.251. The van der Waals surface area contributed by atoms with E-state index in [0.717, 1.165) is 12.0 Å². The molecule has 2 saturated heterocycles. The van der Waals surface area contributed by atoms with Gasteiger partial charge < -0.3 is 28.1 Å². The molecule has 2 unspecified atom stereocenters. The molecule has 9 nitrogen and oxygen atoms in total. The van der Waals surface area contributed by atoms with E-state index in [1.54, 1.807) is 32.4 Å². The second-order valence-corrected chi connectivity index (χ2v) is 13.9. The summed E-state index contributed by atoms with van der Waals surface area (Å²) in [6, 6.07) is 2.00. The predicted molar refractivity (Wildman–Crippen MR) is 155 cm³/mol. The maximum atomic E-state index is 13.4. The Bertz CT molecular complexity index is 1380. The minimum atomic E-state index is -0.741. The molecule has 1 aromatic heterocycles. The first kappa shape index (κ1) is 30.1. The molecule has 0 amide bonds. The van der Waals surface area contributed by atoms with Crippen LogP contribution in [0.1, 0.15) is 79.2 Å². The number of carbonyl (C=O) groups is 3. The van der Waals surface area contributed by atoms with Crippen LogP contribution in [-0.4, -0.2) is 62.1 Å². The van der Waals surface area contributed by atoms with E-state index in [9.17, 15) is 14.4 Å². The Morgan fingerprint density at radius 2 is 1.84 bits per heavy atom. The summed E-state index contributed by atoms with van der Waals surface area (Å²) in [5, 5.41) is 0. The lowest BCUT2D eigenvalue weighted by Crippen LogP contribution is -2.71. The third-order valence-electron chi connectivity index (χ3n) is 12.0. The van der Waals surface area contributed by atoms with Gasteiger partial charge in [-0.3, -0.25) is 9.59 Å². The van der Waals surface area contributed by atoms with Crippen molar-refractivity contribution < 1.29 is 42.5 Å². The molecule has 6 rings (SSSR count). The molecule has 4 fully saturated rings. The fourth-order valence-corrected chi connectivity index (χ4v) is 10.0. The number of ether oxygens (including phenoxy) is 5. The number of furan rings is 1. The van der Waals surface area contributed by atoms with E-state index in [-0.39, 0.29) is 48.5 Å². The van der Waals surface area contributed by atoms with Gasteiger partial charge in [0.25, 0.3) is 0 Å². The molecule has 2 aliphatic heterocycles. The van der Waals surface area contributed by atoms with Crippen LogP contribution in [0.2, 0.25) is 0 Å². The zero-order valence-corrected chi connectivity index (χ0v) is 26.4. The van der Waals surface area contributed by atoms with Gasteiger partial charge in [-0.1, -0.05) is 32.4 Å². The minimum absolute atomic E-state index is 0.122. The molecule has 9 heteroatoms. The lowest BCUT2D eigenvalue weighted by Gasteiger charge is -2.65. The third-order valence-corrected chi connectivity index (χ3v) is 12.0. The first-order valence-corrected chi connectivity index (χ1v) is 15.4. The second-order valence-electron chi connectivity index (χ2n) is 13.9. The number of rotatable bonds is 6. The van der Waals surface area contributed by atoms with Crippen molar-refractivity contribution in [1.82, 2.24) is 0 Å². The van der Waals surface area contributed by atoms with Crippen LogP contribution in [0.25, 0.3) is 0 Å². The van der Waals surface area contributed by atoms with Crippen molar-refractivity contribution >= 4 is 17.9 Å². The molecule has 3 aliphatic carbocycles. The maximum Gasteiger partial charge on any atom is 0.333 e. The number of methoxy groups -OCH3 is 1. The highest BCUT2D eigenvalue weighted by atomic mass is 16.6.